The van der Waals surface area contributed by atoms with E-state index in [1.54, 1.807) is 12.1 Å². The van der Waals surface area contributed by atoms with Gasteiger partial charge in [-0.2, -0.15) is 0 Å². The molecule has 0 aliphatic carbocycles. The maximum atomic E-state index is 13.0. The van der Waals surface area contributed by atoms with Gasteiger partial charge in [0.1, 0.15) is 5.82 Å². The molecule has 1 aromatic carbocycles. The number of nitrogens with one attached hydrogen (secondary N) is 1. The molecule has 0 radical (unpaired) electrons. The van der Waals surface area contributed by atoms with Crippen molar-refractivity contribution in [2.75, 3.05) is 11.9 Å². The van der Waals surface area contributed by atoms with Gasteiger partial charge in [0.25, 0.3) is 0 Å². The highest BCUT2D eigenvalue weighted by molar-refractivity contribution is 5.92. The molecule has 18 heavy (non-hydrogen) atoms. The normalized spacial score (nSPS) is 12.5. The van der Waals surface area contributed by atoms with Crippen molar-refractivity contribution in [1.82, 2.24) is 0 Å². The number of nitrogens with two attached hydrogens (primary N) is 1. The second kappa shape index (κ2) is 7.11. The number of carbonyl (C=O) groups is 1. The van der Waals surface area contributed by atoms with Crippen molar-refractivity contribution in [1.29, 1.82) is 0 Å². The first kappa shape index (κ1) is 14.6. The Bertz CT molecular complexity index is 393. The number of anilines is 1. The second-order valence-corrected chi connectivity index (χ2v) is 4.90. The van der Waals surface area contributed by atoms with Crippen molar-refractivity contribution in [2.45, 2.75) is 26.7 Å². The van der Waals surface area contributed by atoms with Gasteiger partial charge in [-0.3, -0.25) is 4.79 Å². The maximum absolute atomic E-state index is 13.0. The molecule has 1 atom stereocenters. The van der Waals surface area contributed by atoms with E-state index in [0.717, 1.165) is 6.42 Å². The topological polar surface area (TPSA) is 55.1 Å². The molecule has 0 fully saturated rings. The quantitative estimate of drug-likeness (QED) is 0.818. The van der Waals surface area contributed by atoms with Gasteiger partial charge in [-0.15, -0.1) is 0 Å². The molecule has 0 aromatic heterocycles. The van der Waals surface area contributed by atoms with E-state index in [0.29, 0.717) is 24.6 Å². The van der Waals surface area contributed by atoms with Crippen LogP contribution in [0.3, 0.4) is 0 Å². The van der Waals surface area contributed by atoms with E-state index < -0.39 is 0 Å². The number of carbonyl (C=O) groups excluding carboxylic acids is 1. The summed E-state index contributed by atoms with van der Waals surface area (Å²) in [5.74, 6) is -0.120. The third-order valence-corrected chi connectivity index (χ3v) is 2.73. The largest absolute Gasteiger partial charge is 0.330 e. The summed E-state index contributed by atoms with van der Waals surface area (Å²) >= 11 is 0. The minimum Gasteiger partial charge on any atom is -0.330 e. The molecule has 0 saturated heterocycles. The first-order valence-electron chi connectivity index (χ1n) is 6.29. The van der Waals surface area contributed by atoms with Crippen LogP contribution in [-0.4, -0.2) is 12.5 Å². The monoisotopic (exact) mass is 252 g/mol. The van der Waals surface area contributed by atoms with Gasteiger partial charge in [-0.25, -0.2) is 4.39 Å². The van der Waals surface area contributed by atoms with Crippen molar-refractivity contribution >= 4 is 11.6 Å². The van der Waals surface area contributed by atoms with Crippen molar-refractivity contribution in [3.63, 3.8) is 0 Å². The van der Waals surface area contributed by atoms with Crippen LogP contribution in [0, 0.1) is 17.7 Å². The van der Waals surface area contributed by atoms with Crippen LogP contribution in [0.25, 0.3) is 0 Å². The lowest BCUT2D eigenvalue weighted by Crippen LogP contribution is -2.26. The van der Waals surface area contributed by atoms with Crippen LogP contribution in [0.2, 0.25) is 0 Å². The minimum atomic E-state index is -0.355. The summed E-state index contributed by atoms with van der Waals surface area (Å²) in [6, 6.07) is 5.91. The van der Waals surface area contributed by atoms with E-state index in [-0.39, 0.29) is 17.6 Å². The Morgan fingerprint density at radius 1 is 1.44 bits per heavy atom. The van der Waals surface area contributed by atoms with E-state index in [1.807, 2.05) is 0 Å². The molecule has 0 aliphatic heterocycles. The fourth-order valence-corrected chi connectivity index (χ4v) is 1.94. The van der Waals surface area contributed by atoms with Gasteiger partial charge < -0.3 is 11.1 Å². The van der Waals surface area contributed by atoms with Gasteiger partial charge in [-0.1, -0.05) is 19.9 Å². The van der Waals surface area contributed by atoms with E-state index in [1.165, 1.54) is 12.1 Å². The molecule has 3 nitrogen and oxygen atoms in total. The number of hydrogen-bond donors (Lipinski definition) is 2. The predicted molar refractivity (Wildman–Crippen MR) is 71.6 cm³/mol. The number of halogens is 1. The second-order valence-electron chi connectivity index (χ2n) is 4.90. The highest BCUT2D eigenvalue weighted by atomic mass is 19.1. The molecule has 1 aromatic rings. The molecule has 1 unspecified atom stereocenters. The molecule has 1 rings (SSSR count). The van der Waals surface area contributed by atoms with Crippen LogP contribution < -0.4 is 11.1 Å². The summed E-state index contributed by atoms with van der Waals surface area (Å²) in [7, 11) is 0. The molecular formula is C14H21FN2O. The van der Waals surface area contributed by atoms with Crippen molar-refractivity contribution in [3.05, 3.63) is 30.1 Å². The molecule has 0 saturated carbocycles. The molecule has 0 bridgehead atoms. The Balaban J connectivity index is 2.66. The lowest BCUT2D eigenvalue weighted by atomic mass is 9.93. The van der Waals surface area contributed by atoms with E-state index >= 15 is 0 Å². The first-order valence-corrected chi connectivity index (χ1v) is 6.29. The molecule has 0 spiro atoms. The highest BCUT2D eigenvalue weighted by Gasteiger charge is 2.19. The fourth-order valence-electron chi connectivity index (χ4n) is 1.94. The molecular weight excluding hydrogens is 231 g/mol. The van der Waals surface area contributed by atoms with Crippen LogP contribution >= 0.6 is 0 Å². The van der Waals surface area contributed by atoms with Crippen molar-refractivity contribution in [3.8, 4) is 0 Å². The summed E-state index contributed by atoms with van der Waals surface area (Å²) in [6.45, 7) is 4.62. The van der Waals surface area contributed by atoms with Gasteiger partial charge in [0.15, 0.2) is 0 Å². The fraction of sp³-hybridized carbons (Fsp3) is 0.500. The summed E-state index contributed by atoms with van der Waals surface area (Å²) in [6.07, 6.45) is 1.44. The number of amides is 1. The van der Waals surface area contributed by atoms with E-state index in [2.05, 4.69) is 19.2 Å². The Hall–Kier alpha value is -1.42. The zero-order valence-electron chi connectivity index (χ0n) is 10.9. The summed E-state index contributed by atoms with van der Waals surface area (Å²) in [5.41, 5.74) is 6.01. The third kappa shape index (κ3) is 4.84. The van der Waals surface area contributed by atoms with Crippen LogP contribution in [0.1, 0.15) is 26.7 Å². The van der Waals surface area contributed by atoms with Crippen molar-refractivity contribution in [2.24, 2.45) is 17.6 Å². The number of hydrogen-bond acceptors (Lipinski definition) is 2. The summed E-state index contributed by atoms with van der Waals surface area (Å²) in [5, 5.41) is 2.74. The number of rotatable bonds is 6. The predicted octanol–water partition coefficient (Wildman–Crippen LogP) is 2.78. The zero-order valence-corrected chi connectivity index (χ0v) is 10.9. The van der Waals surface area contributed by atoms with Gasteiger partial charge in [-0.05, 0) is 43.5 Å². The Morgan fingerprint density at radius 2 is 2.17 bits per heavy atom. The smallest absolute Gasteiger partial charge is 0.227 e. The molecule has 3 N–H and O–H groups in total. The van der Waals surface area contributed by atoms with Crippen LogP contribution in [0.5, 0.6) is 0 Å². The molecule has 100 valence electrons. The van der Waals surface area contributed by atoms with Crippen molar-refractivity contribution < 1.29 is 9.18 Å². The van der Waals surface area contributed by atoms with Gasteiger partial charge in [0.2, 0.25) is 5.91 Å². The lowest BCUT2D eigenvalue weighted by Gasteiger charge is -2.18. The maximum Gasteiger partial charge on any atom is 0.227 e. The molecule has 0 heterocycles. The van der Waals surface area contributed by atoms with Crippen LogP contribution in [0.15, 0.2) is 24.3 Å². The lowest BCUT2D eigenvalue weighted by molar-refractivity contribution is -0.120. The average molecular weight is 252 g/mol. The zero-order chi connectivity index (χ0) is 13.5. The third-order valence-electron chi connectivity index (χ3n) is 2.73. The van der Waals surface area contributed by atoms with Gasteiger partial charge >= 0.3 is 0 Å². The first-order chi connectivity index (χ1) is 8.52. The minimum absolute atomic E-state index is 0.0836. The van der Waals surface area contributed by atoms with E-state index in [9.17, 15) is 9.18 Å². The van der Waals surface area contributed by atoms with Gasteiger partial charge in [0, 0.05) is 11.6 Å². The molecule has 1 amide bonds. The summed E-state index contributed by atoms with van der Waals surface area (Å²) < 4.78 is 13.0. The Morgan fingerprint density at radius 3 is 2.72 bits per heavy atom. The summed E-state index contributed by atoms with van der Waals surface area (Å²) in [4.78, 5) is 12.1. The van der Waals surface area contributed by atoms with Crippen LogP contribution in [-0.2, 0) is 4.79 Å². The SMILES string of the molecule is CC(C)CC(CCN)C(=O)Nc1cccc(F)c1. The Kier molecular flexibility index (Phi) is 5.78. The molecule has 0 aliphatic rings. The Labute approximate surface area is 108 Å². The number of benzene rings is 1. The average Bonchev–Trinajstić information content (AvgIpc) is 2.27. The highest BCUT2D eigenvalue weighted by Crippen LogP contribution is 2.18. The van der Waals surface area contributed by atoms with Gasteiger partial charge in [0.05, 0.1) is 0 Å². The standard InChI is InChI=1S/C14H21FN2O/c1-10(2)8-11(6-7-16)14(18)17-13-5-3-4-12(15)9-13/h3-5,9-11H,6-8,16H2,1-2H3,(H,17,18). The molecule has 4 heteroatoms. The van der Waals surface area contributed by atoms with Crippen LogP contribution in [0.4, 0.5) is 10.1 Å². The van der Waals surface area contributed by atoms with E-state index in [4.69, 9.17) is 5.73 Å².